The van der Waals surface area contributed by atoms with Crippen LogP contribution >= 0.6 is 0 Å². The lowest BCUT2D eigenvalue weighted by Crippen LogP contribution is -2.34. The van der Waals surface area contributed by atoms with Crippen molar-refractivity contribution < 1.29 is 13.5 Å². The number of hydrogen-bond donors (Lipinski definition) is 2. The average molecular weight is 304 g/mol. The highest BCUT2D eigenvalue weighted by atomic mass is 32.2. The smallest absolute Gasteiger partial charge is 0.246 e. The van der Waals surface area contributed by atoms with Gasteiger partial charge in [-0.15, -0.1) is 0 Å². The van der Waals surface area contributed by atoms with Crippen molar-refractivity contribution in [3.8, 4) is 0 Å². The van der Waals surface area contributed by atoms with Crippen LogP contribution in [0.4, 0.5) is 0 Å². The fraction of sp³-hybridized carbons (Fsp3) is 0.750. The lowest BCUT2D eigenvalue weighted by Gasteiger charge is -2.21. The van der Waals surface area contributed by atoms with Crippen LogP contribution in [0.15, 0.2) is 4.90 Å². The molecule has 7 nitrogen and oxygen atoms in total. The zero-order chi connectivity index (χ0) is 15.3. The van der Waals surface area contributed by atoms with Gasteiger partial charge >= 0.3 is 0 Å². The summed E-state index contributed by atoms with van der Waals surface area (Å²) >= 11 is 0. The molecular formula is C12H24N4O3S. The van der Waals surface area contributed by atoms with Gasteiger partial charge in [-0.25, -0.2) is 8.42 Å². The molecule has 1 rings (SSSR count). The van der Waals surface area contributed by atoms with E-state index in [1.807, 2.05) is 19.0 Å². The van der Waals surface area contributed by atoms with E-state index in [1.165, 1.54) is 4.31 Å². The summed E-state index contributed by atoms with van der Waals surface area (Å²) in [5.41, 5.74) is 0.633. The van der Waals surface area contributed by atoms with Gasteiger partial charge in [0.15, 0.2) is 0 Å². The Kier molecular flexibility index (Phi) is 6.12. The lowest BCUT2D eigenvalue weighted by atomic mass is 10.4. The number of aliphatic hydroxyl groups is 1. The van der Waals surface area contributed by atoms with Gasteiger partial charge in [0, 0.05) is 13.1 Å². The minimum absolute atomic E-state index is 0.103. The molecule has 0 atom stereocenters. The van der Waals surface area contributed by atoms with Crippen LogP contribution < -0.4 is 0 Å². The lowest BCUT2D eigenvalue weighted by molar-refractivity contribution is 0.273. The maximum absolute atomic E-state index is 12.6. The molecule has 0 spiro atoms. The Morgan fingerprint density at radius 3 is 2.45 bits per heavy atom. The summed E-state index contributed by atoms with van der Waals surface area (Å²) in [5.74, 6) is 0. The highest BCUT2D eigenvalue weighted by Gasteiger charge is 2.29. The van der Waals surface area contributed by atoms with Crippen LogP contribution in [-0.2, 0) is 16.6 Å². The molecule has 0 bridgehead atoms. The van der Waals surface area contributed by atoms with Crippen LogP contribution in [0, 0.1) is 6.92 Å². The number of hydrogen-bond acceptors (Lipinski definition) is 5. The van der Waals surface area contributed by atoms with Crippen molar-refractivity contribution in [1.82, 2.24) is 19.4 Å². The molecule has 1 aromatic rings. The van der Waals surface area contributed by atoms with E-state index in [1.54, 1.807) is 13.8 Å². The highest BCUT2D eigenvalue weighted by molar-refractivity contribution is 7.89. The van der Waals surface area contributed by atoms with Crippen LogP contribution in [0.2, 0.25) is 0 Å². The second-order valence-corrected chi connectivity index (χ2v) is 6.81. The van der Waals surface area contributed by atoms with E-state index in [9.17, 15) is 13.5 Å². The summed E-state index contributed by atoms with van der Waals surface area (Å²) in [6, 6.07) is 0. The van der Waals surface area contributed by atoms with Gasteiger partial charge in [-0.3, -0.25) is 5.10 Å². The number of H-pyrrole nitrogens is 1. The molecule has 0 unspecified atom stereocenters. The third kappa shape index (κ3) is 3.78. The molecule has 0 aromatic carbocycles. The van der Waals surface area contributed by atoms with Gasteiger partial charge in [0.25, 0.3) is 0 Å². The number of aromatic amines is 1. The Morgan fingerprint density at radius 2 is 1.95 bits per heavy atom. The Hall–Kier alpha value is -0.960. The number of nitrogens with zero attached hydrogens (tertiary/aromatic N) is 3. The molecule has 1 aromatic heterocycles. The van der Waals surface area contributed by atoms with E-state index >= 15 is 0 Å². The molecule has 0 aliphatic carbocycles. The van der Waals surface area contributed by atoms with Gasteiger partial charge in [-0.2, -0.15) is 9.40 Å². The maximum Gasteiger partial charge on any atom is 0.246 e. The van der Waals surface area contributed by atoms with Crippen LogP contribution in [0.25, 0.3) is 0 Å². The normalized spacial score (nSPS) is 12.6. The molecule has 2 N–H and O–H groups in total. The summed E-state index contributed by atoms with van der Waals surface area (Å²) in [6.45, 7) is 4.73. The second-order valence-electron chi connectivity index (χ2n) is 4.94. The third-order valence-corrected chi connectivity index (χ3v) is 5.25. The first-order chi connectivity index (χ1) is 9.34. The summed E-state index contributed by atoms with van der Waals surface area (Å²) in [5, 5.41) is 15.7. The van der Waals surface area contributed by atoms with Crippen LogP contribution in [0.1, 0.15) is 24.7 Å². The van der Waals surface area contributed by atoms with E-state index in [-0.39, 0.29) is 10.6 Å². The molecular weight excluding hydrogens is 280 g/mol. The summed E-state index contributed by atoms with van der Waals surface area (Å²) in [4.78, 5) is 2.12. The van der Waals surface area contributed by atoms with Gasteiger partial charge in [0.05, 0.1) is 12.3 Å². The number of aliphatic hydroxyl groups excluding tert-OH is 1. The number of aromatic nitrogens is 2. The van der Waals surface area contributed by atoms with E-state index in [4.69, 9.17) is 0 Å². The first kappa shape index (κ1) is 17.1. The molecule has 1 heterocycles. The van der Waals surface area contributed by atoms with Crippen molar-refractivity contribution in [2.24, 2.45) is 0 Å². The third-order valence-electron chi connectivity index (χ3n) is 3.07. The number of nitrogens with one attached hydrogen (secondary N) is 1. The van der Waals surface area contributed by atoms with Crippen molar-refractivity contribution in [2.75, 3.05) is 33.7 Å². The molecule has 20 heavy (non-hydrogen) atoms. The zero-order valence-electron chi connectivity index (χ0n) is 12.5. The Morgan fingerprint density at radius 1 is 1.30 bits per heavy atom. The molecule has 116 valence electrons. The standard InChI is InChI=1S/C12H24N4O3S/c1-5-16(8-6-7-15(3)4)20(18,19)12-10(2)13-14-11(12)9-17/h17H,5-9H2,1-4H3,(H,13,14). The minimum Gasteiger partial charge on any atom is -0.390 e. The SMILES string of the molecule is CCN(CCCN(C)C)S(=O)(=O)c1c(CO)n[nH]c1C. The Labute approximate surface area is 120 Å². The van der Waals surface area contributed by atoms with Gasteiger partial charge < -0.3 is 10.0 Å². The van der Waals surface area contributed by atoms with Crippen molar-refractivity contribution in [1.29, 1.82) is 0 Å². The monoisotopic (exact) mass is 304 g/mol. The topological polar surface area (TPSA) is 89.5 Å². The Balaban J connectivity index is 2.97. The van der Waals surface area contributed by atoms with Crippen LogP contribution in [-0.4, -0.2) is 66.7 Å². The zero-order valence-corrected chi connectivity index (χ0v) is 13.4. The molecule has 0 saturated carbocycles. The van der Waals surface area contributed by atoms with E-state index in [0.29, 0.717) is 18.8 Å². The second kappa shape index (κ2) is 7.16. The van der Waals surface area contributed by atoms with E-state index < -0.39 is 16.6 Å². The number of rotatable bonds is 8. The summed E-state index contributed by atoms with van der Waals surface area (Å²) in [7, 11) is 0.288. The molecule has 0 aliphatic heterocycles. The van der Waals surface area contributed by atoms with E-state index in [2.05, 4.69) is 10.2 Å². The number of aryl methyl sites for hydroxylation is 1. The first-order valence-electron chi connectivity index (χ1n) is 6.64. The van der Waals surface area contributed by atoms with Crippen molar-refractivity contribution in [3.05, 3.63) is 11.4 Å². The number of sulfonamides is 1. The van der Waals surface area contributed by atoms with Crippen molar-refractivity contribution in [2.45, 2.75) is 31.8 Å². The molecule has 0 radical (unpaired) electrons. The fourth-order valence-corrected chi connectivity index (χ4v) is 3.87. The predicted molar refractivity (Wildman–Crippen MR) is 76.9 cm³/mol. The first-order valence-corrected chi connectivity index (χ1v) is 8.08. The summed E-state index contributed by atoms with van der Waals surface area (Å²) < 4.78 is 26.7. The predicted octanol–water partition coefficient (Wildman–Crippen LogP) is 0.173. The molecule has 0 saturated heterocycles. The van der Waals surface area contributed by atoms with Gasteiger partial charge in [0.2, 0.25) is 10.0 Å². The average Bonchev–Trinajstić information content (AvgIpc) is 2.75. The van der Waals surface area contributed by atoms with E-state index in [0.717, 1.165) is 13.0 Å². The molecule has 0 aliphatic rings. The quantitative estimate of drug-likeness (QED) is 0.715. The maximum atomic E-state index is 12.6. The van der Waals surface area contributed by atoms with Crippen molar-refractivity contribution in [3.63, 3.8) is 0 Å². The van der Waals surface area contributed by atoms with Crippen LogP contribution in [0.3, 0.4) is 0 Å². The molecule has 8 heteroatoms. The van der Waals surface area contributed by atoms with Crippen LogP contribution in [0.5, 0.6) is 0 Å². The van der Waals surface area contributed by atoms with Gasteiger partial charge in [-0.05, 0) is 34.0 Å². The highest BCUT2D eigenvalue weighted by Crippen LogP contribution is 2.22. The van der Waals surface area contributed by atoms with Gasteiger partial charge in [0.1, 0.15) is 10.6 Å². The molecule has 0 amide bonds. The van der Waals surface area contributed by atoms with Crippen molar-refractivity contribution >= 4 is 10.0 Å². The summed E-state index contributed by atoms with van der Waals surface area (Å²) in [6.07, 6.45) is 0.755. The largest absolute Gasteiger partial charge is 0.390 e. The molecule has 0 fully saturated rings. The van der Waals surface area contributed by atoms with Gasteiger partial charge in [-0.1, -0.05) is 6.92 Å². The fourth-order valence-electron chi connectivity index (χ4n) is 2.06. The minimum atomic E-state index is -3.62. The Bertz CT molecular complexity index is 525.